The van der Waals surface area contributed by atoms with Crippen LogP contribution in [0.15, 0.2) is 53.1 Å². The van der Waals surface area contributed by atoms with E-state index in [1.165, 1.54) is 36.4 Å². The Hall–Kier alpha value is -3.66. The minimum absolute atomic E-state index is 0.0178. The number of halogens is 1. The topological polar surface area (TPSA) is 114 Å². The first-order valence-corrected chi connectivity index (χ1v) is 9.84. The number of hydrogen-bond acceptors (Lipinski definition) is 7. The average molecular weight is 425 g/mol. The maximum Gasteiger partial charge on any atom is 0.269 e. The second-order valence-electron chi connectivity index (χ2n) is 7.39. The van der Waals surface area contributed by atoms with Gasteiger partial charge in [0.1, 0.15) is 5.82 Å². The van der Waals surface area contributed by atoms with Crippen molar-refractivity contribution < 1.29 is 18.6 Å². The van der Waals surface area contributed by atoms with Crippen LogP contribution in [0.5, 0.6) is 0 Å². The maximum absolute atomic E-state index is 13.4. The van der Waals surface area contributed by atoms with Gasteiger partial charge in [0.2, 0.25) is 17.6 Å². The first-order chi connectivity index (χ1) is 15.0. The molecule has 1 fully saturated rings. The van der Waals surface area contributed by atoms with E-state index in [4.69, 9.17) is 4.52 Å². The van der Waals surface area contributed by atoms with Crippen molar-refractivity contribution in [3.05, 3.63) is 70.4 Å². The van der Waals surface area contributed by atoms with E-state index in [0.717, 1.165) is 19.4 Å². The normalized spacial score (nSPS) is 16.7. The summed E-state index contributed by atoms with van der Waals surface area (Å²) >= 11 is 0. The fourth-order valence-electron chi connectivity index (χ4n) is 3.62. The Morgan fingerprint density at radius 2 is 2.10 bits per heavy atom. The summed E-state index contributed by atoms with van der Waals surface area (Å²) in [6.07, 6.45) is 1.72. The Bertz CT molecular complexity index is 1090. The molecule has 0 aliphatic carbocycles. The quantitative estimate of drug-likeness (QED) is 0.474. The number of nitro benzene ring substituents is 1. The van der Waals surface area contributed by atoms with Crippen molar-refractivity contribution in [2.75, 3.05) is 25.0 Å². The van der Waals surface area contributed by atoms with Gasteiger partial charge in [-0.1, -0.05) is 17.3 Å². The van der Waals surface area contributed by atoms with Crippen LogP contribution in [-0.4, -0.2) is 45.5 Å². The molecule has 1 amide bonds. The SMILES string of the molecule is O=C(CN1CCCC(c2nc(-c3cccc(F)c3)no2)C1)Nc1ccc([N+](=O)[O-])cc1. The van der Waals surface area contributed by atoms with Gasteiger partial charge in [-0.15, -0.1) is 0 Å². The van der Waals surface area contributed by atoms with Gasteiger partial charge in [-0.3, -0.25) is 19.8 Å². The largest absolute Gasteiger partial charge is 0.339 e. The number of benzene rings is 2. The van der Waals surface area contributed by atoms with Crippen molar-refractivity contribution in [2.45, 2.75) is 18.8 Å². The number of nitrogens with zero attached hydrogens (tertiary/aromatic N) is 4. The summed E-state index contributed by atoms with van der Waals surface area (Å²) in [6.45, 7) is 1.52. The molecule has 0 radical (unpaired) electrons. The van der Waals surface area contributed by atoms with Crippen molar-refractivity contribution in [2.24, 2.45) is 0 Å². The van der Waals surface area contributed by atoms with Crippen LogP contribution in [0.2, 0.25) is 0 Å². The Morgan fingerprint density at radius 1 is 1.29 bits per heavy atom. The minimum atomic E-state index is -0.489. The van der Waals surface area contributed by atoms with Crippen LogP contribution in [0.1, 0.15) is 24.7 Å². The van der Waals surface area contributed by atoms with Crippen molar-refractivity contribution in [3.8, 4) is 11.4 Å². The highest BCUT2D eigenvalue weighted by atomic mass is 19.1. The average Bonchev–Trinajstić information content (AvgIpc) is 3.25. The number of anilines is 1. The number of carbonyl (C=O) groups excluding carboxylic acids is 1. The number of carbonyl (C=O) groups is 1. The lowest BCUT2D eigenvalue weighted by Crippen LogP contribution is -2.39. The molecule has 0 spiro atoms. The zero-order valence-electron chi connectivity index (χ0n) is 16.5. The van der Waals surface area contributed by atoms with Crippen LogP contribution in [-0.2, 0) is 4.79 Å². The van der Waals surface area contributed by atoms with Crippen LogP contribution in [0, 0.1) is 15.9 Å². The molecule has 31 heavy (non-hydrogen) atoms. The number of piperidine rings is 1. The third kappa shape index (κ3) is 5.10. The number of rotatable bonds is 6. The molecule has 1 aliphatic rings. The van der Waals surface area contributed by atoms with Gasteiger partial charge >= 0.3 is 0 Å². The van der Waals surface area contributed by atoms with Gasteiger partial charge in [0.25, 0.3) is 5.69 Å². The Morgan fingerprint density at radius 3 is 2.84 bits per heavy atom. The minimum Gasteiger partial charge on any atom is -0.339 e. The molecule has 1 aliphatic heterocycles. The monoisotopic (exact) mass is 425 g/mol. The van der Waals surface area contributed by atoms with E-state index in [0.29, 0.717) is 29.5 Å². The smallest absolute Gasteiger partial charge is 0.269 e. The standard InChI is InChI=1S/C21H20FN5O4/c22-16-5-1-3-14(11-16)20-24-21(31-25-20)15-4-2-10-26(12-15)13-19(28)23-17-6-8-18(9-7-17)27(29)30/h1,3,5-9,11,15H,2,4,10,12-13H2,(H,23,28). The molecule has 0 saturated carbocycles. The van der Waals surface area contributed by atoms with Gasteiger partial charge in [0.15, 0.2) is 0 Å². The molecule has 0 bridgehead atoms. The Kier molecular flexibility index (Phi) is 5.99. The van der Waals surface area contributed by atoms with Crippen LogP contribution in [0.25, 0.3) is 11.4 Å². The molecule has 2 heterocycles. The van der Waals surface area contributed by atoms with Gasteiger partial charge in [-0.25, -0.2) is 4.39 Å². The number of non-ortho nitro benzene ring substituents is 1. The molecule has 1 atom stereocenters. The predicted molar refractivity (Wildman–Crippen MR) is 110 cm³/mol. The second kappa shape index (κ2) is 9.00. The van der Waals surface area contributed by atoms with E-state index < -0.39 is 4.92 Å². The second-order valence-corrected chi connectivity index (χ2v) is 7.39. The number of hydrogen-bond donors (Lipinski definition) is 1. The maximum atomic E-state index is 13.4. The highest BCUT2D eigenvalue weighted by molar-refractivity contribution is 5.92. The molecular weight excluding hydrogens is 405 g/mol. The van der Waals surface area contributed by atoms with Crippen molar-refractivity contribution in [1.82, 2.24) is 15.0 Å². The number of likely N-dealkylation sites (tertiary alicyclic amines) is 1. The highest BCUT2D eigenvalue weighted by Gasteiger charge is 2.27. The van der Waals surface area contributed by atoms with E-state index in [2.05, 4.69) is 15.5 Å². The fourth-order valence-corrected chi connectivity index (χ4v) is 3.62. The summed E-state index contributed by atoms with van der Waals surface area (Å²) in [4.78, 5) is 29.0. The third-order valence-electron chi connectivity index (χ3n) is 5.11. The first kappa shape index (κ1) is 20.6. The zero-order valence-corrected chi connectivity index (χ0v) is 16.5. The van der Waals surface area contributed by atoms with E-state index in [9.17, 15) is 19.3 Å². The molecule has 3 aromatic rings. The summed E-state index contributed by atoms with van der Waals surface area (Å²) in [5.41, 5.74) is 1.01. The van der Waals surface area contributed by atoms with Crippen molar-refractivity contribution >= 4 is 17.3 Å². The number of nitrogens with one attached hydrogen (secondary N) is 1. The van der Waals surface area contributed by atoms with Gasteiger partial charge in [-0.05, 0) is 43.7 Å². The van der Waals surface area contributed by atoms with Gasteiger partial charge < -0.3 is 9.84 Å². The van der Waals surface area contributed by atoms with E-state index >= 15 is 0 Å². The van der Waals surface area contributed by atoms with Crippen LogP contribution >= 0.6 is 0 Å². The first-order valence-electron chi connectivity index (χ1n) is 9.84. The van der Waals surface area contributed by atoms with E-state index in [1.807, 2.05) is 4.90 Å². The molecule has 1 saturated heterocycles. The van der Waals surface area contributed by atoms with Crippen LogP contribution in [0.3, 0.4) is 0 Å². The van der Waals surface area contributed by atoms with Crippen LogP contribution in [0.4, 0.5) is 15.8 Å². The third-order valence-corrected chi connectivity index (χ3v) is 5.11. The van der Waals surface area contributed by atoms with Crippen molar-refractivity contribution in [1.29, 1.82) is 0 Å². The Balaban J connectivity index is 1.35. The Labute approximate surface area is 177 Å². The summed E-state index contributed by atoms with van der Waals surface area (Å²) < 4.78 is 18.8. The fraction of sp³-hybridized carbons (Fsp3) is 0.286. The van der Waals surface area contributed by atoms with E-state index in [-0.39, 0.29) is 29.9 Å². The molecule has 9 nitrogen and oxygen atoms in total. The van der Waals surface area contributed by atoms with E-state index in [1.54, 1.807) is 12.1 Å². The molecule has 1 N–H and O–H groups in total. The number of amides is 1. The lowest BCUT2D eigenvalue weighted by molar-refractivity contribution is -0.384. The predicted octanol–water partition coefficient (Wildman–Crippen LogP) is 3.60. The summed E-state index contributed by atoms with van der Waals surface area (Å²) in [6, 6.07) is 11.7. The number of aromatic nitrogens is 2. The zero-order chi connectivity index (χ0) is 21.8. The lowest BCUT2D eigenvalue weighted by Gasteiger charge is -2.30. The van der Waals surface area contributed by atoms with Crippen LogP contribution < -0.4 is 5.32 Å². The summed E-state index contributed by atoms with van der Waals surface area (Å²) in [7, 11) is 0. The highest BCUT2D eigenvalue weighted by Crippen LogP contribution is 2.27. The molecule has 2 aromatic carbocycles. The van der Waals surface area contributed by atoms with Crippen molar-refractivity contribution in [3.63, 3.8) is 0 Å². The van der Waals surface area contributed by atoms with Gasteiger partial charge in [-0.2, -0.15) is 4.98 Å². The molecule has 10 heteroatoms. The summed E-state index contributed by atoms with van der Waals surface area (Å²) in [5.74, 6) is 0.213. The molecular formula is C21H20FN5O4. The molecule has 160 valence electrons. The molecule has 4 rings (SSSR count). The van der Waals surface area contributed by atoms with Gasteiger partial charge in [0.05, 0.1) is 17.4 Å². The van der Waals surface area contributed by atoms with Gasteiger partial charge in [0, 0.05) is 29.9 Å². The molecule has 1 aromatic heterocycles. The number of nitro groups is 1. The lowest BCUT2D eigenvalue weighted by atomic mass is 9.98. The summed E-state index contributed by atoms with van der Waals surface area (Å²) in [5, 5.41) is 17.4. The molecule has 1 unspecified atom stereocenters.